The molecule has 0 atom stereocenters. The van der Waals surface area contributed by atoms with Gasteiger partial charge in [0.15, 0.2) is 0 Å². The van der Waals surface area contributed by atoms with E-state index in [1.54, 1.807) is 0 Å². The van der Waals surface area contributed by atoms with Crippen LogP contribution in [0, 0.1) is 0 Å². The molecule has 0 fully saturated rings. The average Bonchev–Trinajstić information content (AvgIpc) is 2.62. The van der Waals surface area contributed by atoms with E-state index in [0.717, 1.165) is 18.7 Å². The first-order chi connectivity index (χ1) is 7.27. The van der Waals surface area contributed by atoms with Crippen LogP contribution < -0.4 is 5.32 Å². The zero-order chi connectivity index (χ0) is 10.7. The number of fused-ring (bicyclic) bond motifs is 1. The predicted molar refractivity (Wildman–Crippen MR) is 64.8 cm³/mol. The number of nitrogens with one attached hydrogen (secondary N) is 2. The molecule has 1 aromatic heterocycles. The minimum Gasteiger partial charge on any atom is -0.389 e. The molecule has 2 aromatic rings. The molecule has 0 aliphatic carbocycles. The van der Waals surface area contributed by atoms with Crippen LogP contribution in [0.1, 0.15) is 12.5 Å². The molecule has 0 spiro atoms. The molecule has 1 aromatic carbocycles. The first kappa shape index (κ1) is 9.84. The van der Waals surface area contributed by atoms with Crippen molar-refractivity contribution in [2.24, 2.45) is 0 Å². The van der Waals surface area contributed by atoms with Crippen LogP contribution in [0.5, 0.6) is 0 Å². The molecule has 0 bridgehead atoms. The lowest BCUT2D eigenvalue weighted by Gasteiger charge is -2.03. The Balaban J connectivity index is 2.11. The lowest BCUT2D eigenvalue weighted by Crippen LogP contribution is -2.13. The van der Waals surface area contributed by atoms with Gasteiger partial charge in [0.05, 0.1) is 0 Å². The second-order valence-electron chi connectivity index (χ2n) is 3.82. The molecule has 2 N–H and O–H groups in total. The highest BCUT2D eigenvalue weighted by atomic mass is 14.9. The topological polar surface area (TPSA) is 27.8 Å². The normalized spacial score (nSPS) is 10.5. The maximum atomic E-state index is 3.82. The molecular formula is C13H16N2. The summed E-state index contributed by atoms with van der Waals surface area (Å²) >= 11 is 0. The Labute approximate surface area is 90.0 Å². The van der Waals surface area contributed by atoms with Crippen LogP contribution in [-0.4, -0.2) is 11.5 Å². The smallest absolute Gasteiger partial charge is 0.0456 e. The summed E-state index contributed by atoms with van der Waals surface area (Å²) in [6.07, 6.45) is 3.11. The maximum absolute atomic E-state index is 3.82. The van der Waals surface area contributed by atoms with E-state index in [4.69, 9.17) is 0 Å². The van der Waals surface area contributed by atoms with Crippen LogP contribution in [0.3, 0.4) is 0 Å². The minimum atomic E-state index is 0.942. The van der Waals surface area contributed by atoms with Gasteiger partial charge in [-0.25, -0.2) is 0 Å². The Kier molecular flexibility index (Phi) is 2.77. The quantitative estimate of drug-likeness (QED) is 0.780. The standard InChI is InChI=1S/C13H16N2/c1-10(2)14-8-7-11-9-15-13-6-4-3-5-12(11)13/h3-6,9,14-15H,1,7-8H2,2H3. The summed E-state index contributed by atoms with van der Waals surface area (Å²) in [7, 11) is 0. The highest BCUT2D eigenvalue weighted by Gasteiger charge is 2.01. The van der Waals surface area contributed by atoms with Gasteiger partial charge in [-0.1, -0.05) is 24.8 Å². The van der Waals surface area contributed by atoms with Crippen LogP contribution >= 0.6 is 0 Å². The van der Waals surface area contributed by atoms with E-state index in [2.05, 4.69) is 47.3 Å². The van der Waals surface area contributed by atoms with E-state index < -0.39 is 0 Å². The Morgan fingerprint density at radius 3 is 3.00 bits per heavy atom. The van der Waals surface area contributed by atoms with Gasteiger partial charge in [-0.3, -0.25) is 0 Å². The molecule has 2 heteroatoms. The fourth-order valence-corrected chi connectivity index (χ4v) is 1.75. The molecule has 78 valence electrons. The number of aromatic nitrogens is 1. The van der Waals surface area contributed by atoms with Gasteiger partial charge in [-0.2, -0.15) is 0 Å². The van der Waals surface area contributed by atoms with Gasteiger partial charge in [0.2, 0.25) is 0 Å². The van der Waals surface area contributed by atoms with Crippen molar-refractivity contribution in [3.05, 3.63) is 48.3 Å². The molecule has 0 radical (unpaired) electrons. The van der Waals surface area contributed by atoms with Crippen LogP contribution in [0.4, 0.5) is 0 Å². The molecule has 2 rings (SSSR count). The summed E-state index contributed by atoms with van der Waals surface area (Å²) < 4.78 is 0. The zero-order valence-corrected chi connectivity index (χ0v) is 9.01. The zero-order valence-electron chi connectivity index (χ0n) is 9.01. The maximum Gasteiger partial charge on any atom is 0.0456 e. The van der Waals surface area contributed by atoms with E-state index in [9.17, 15) is 0 Å². The number of H-pyrrole nitrogens is 1. The van der Waals surface area contributed by atoms with Gasteiger partial charge in [0.1, 0.15) is 0 Å². The third kappa shape index (κ3) is 2.21. The monoisotopic (exact) mass is 200 g/mol. The van der Waals surface area contributed by atoms with E-state index in [0.29, 0.717) is 0 Å². The van der Waals surface area contributed by atoms with E-state index in [1.807, 2.05) is 6.92 Å². The van der Waals surface area contributed by atoms with Crippen LogP contribution in [0.15, 0.2) is 42.7 Å². The SMILES string of the molecule is C=C(C)NCCc1c[nH]c2ccccc12. The molecule has 0 aliphatic heterocycles. The Morgan fingerprint density at radius 2 is 2.20 bits per heavy atom. The fourth-order valence-electron chi connectivity index (χ4n) is 1.75. The van der Waals surface area contributed by atoms with Crippen molar-refractivity contribution >= 4 is 10.9 Å². The summed E-state index contributed by atoms with van der Waals surface area (Å²) in [5.74, 6) is 0. The fraction of sp³-hybridized carbons (Fsp3) is 0.231. The number of rotatable bonds is 4. The molecule has 0 amide bonds. The number of aromatic amines is 1. The first-order valence-corrected chi connectivity index (χ1v) is 5.22. The van der Waals surface area contributed by atoms with Gasteiger partial charge >= 0.3 is 0 Å². The average molecular weight is 200 g/mol. The van der Waals surface area contributed by atoms with Crippen molar-refractivity contribution in [3.63, 3.8) is 0 Å². The third-order valence-electron chi connectivity index (χ3n) is 2.50. The number of hydrogen-bond donors (Lipinski definition) is 2. The van der Waals surface area contributed by atoms with Crippen molar-refractivity contribution < 1.29 is 0 Å². The van der Waals surface area contributed by atoms with Crippen molar-refractivity contribution in [1.29, 1.82) is 0 Å². The molecular weight excluding hydrogens is 184 g/mol. The van der Waals surface area contributed by atoms with Crippen LogP contribution in [0.25, 0.3) is 10.9 Å². The van der Waals surface area contributed by atoms with Gasteiger partial charge in [0, 0.05) is 29.3 Å². The minimum absolute atomic E-state index is 0.942. The molecule has 1 heterocycles. The summed E-state index contributed by atoms with van der Waals surface area (Å²) in [6, 6.07) is 8.38. The van der Waals surface area contributed by atoms with E-state index in [-0.39, 0.29) is 0 Å². The highest BCUT2D eigenvalue weighted by Crippen LogP contribution is 2.17. The second kappa shape index (κ2) is 4.22. The Bertz CT molecular complexity index is 468. The predicted octanol–water partition coefficient (Wildman–Crippen LogP) is 2.83. The third-order valence-corrected chi connectivity index (χ3v) is 2.50. The van der Waals surface area contributed by atoms with Gasteiger partial charge in [-0.05, 0) is 25.0 Å². The lowest BCUT2D eigenvalue weighted by atomic mass is 10.1. The summed E-state index contributed by atoms with van der Waals surface area (Å²) in [6.45, 7) is 6.74. The molecule has 0 unspecified atom stereocenters. The van der Waals surface area contributed by atoms with Crippen LogP contribution in [-0.2, 0) is 6.42 Å². The number of para-hydroxylation sites is 1. The number of hydrogen-bond acceptors (Lipinski definition) is 1. The molecule has 15 heavy (non-hydrogen) atoms. The van der Waals surface area contributed by atoms with Crippen molar-refractivity contribution in [3.8, 4) is 0 Å². The second-order valence-corrected chi connectivity index (χ2v) is 3.82. The van der Waals surface area contributed by atoms with E-state index in [1.165, 1.54) is 16.5 Å². The number of allylic oxidation sites excluding steroid dienone is 1. The Hall–Kier alpha value is -1.70. The van der Waals surface area contributed by atoms with Crippen molar-refractivity contribution in [2.75, 3.05) is 6.54 Å². The molecule has 0 aliphatic rings. The van der Waals surface area contributed by atoms with Gasteiger partial charge in [0.25, 0.3) is 0 Å². The summed E-state index contributed by atoms with van der Waals surface area (Å²) in [5, 5.41) is 4.56. The molecule has 0 saturated carbocycles. The summed E-state index contributed by atoms with van der Waals surface area (Å²) in [4.78, 5) is 3.28. The Morgan fingerprint density at radius 1 is 1.40 bits per heavy atom. The van der Waals surface area contributed by atoms with Crippen molar-refractivity contribution in [2.45, 2.75) is 13.3 Å². The first-order valence-electron chi connectivity index (χ1n) is 5.22. The largest absolute Gasteiger partial charge is 0.389 e. The highest BCUT2D eigenvalue weighted by molar-refractivity contribution is 5.83. The van der Waals surface area contributed by atoms with Gasteiger partial charge in [-0.15, -0.1) is 0 Å². The van der Waals surface area contributed by atoms with E-state index >= 15 is 0 Å². The van der Waals surface area contributed by atoms with Crippen molar-refractivity contribution in [1.82, 2.24) is 10.3 Å². The van der Waals surface area contributed by atoms with Crippen LogP contribution in [0.2, 0.25) is 0 Å². The lowest BCUT2D eigenvalue weighted by molar-refractivity contribution is 0.794. The molecule has 0 saturated heterocycles. The van der Waals surface area contributed by atoms with Gasteiger partial charge < -0.3 is 10.3 Å². The summed E-state index contributed by atoms with van der Waals surface area (Å²) in [5.41, 5.74) is 3.59. The number of benzene rings is 1. The molecule has 2 nitrogen and oxygen atoms in total.